The van der Waals surface area contributed by atoms with Gasteiger partial charge in [-0.1, -0.05) is 19.3 Å². The van der Waals surface area contributed by atoms with Crippen molar-refractivity contribution in [1.82, 2.24) is 15.6 Å². The Hall–Kier alpha value is -0.720. The molecule has 3 fully saturated rings. The van der Waals surface area contributed by atoms with Crippen LogP contribution in [0.25, 0.3) is 0 Å². The van der Waals surface area contributed by atoms with Gasteiger partial charge in [-0.05, 0) is 49.7 Å². The van der Waals surface area contributed by atoms with E-state index >= 15 is 0 Å². The lowest BCUT2D eigenvalue weighted by Gasteiger charge is -2.35. The molecular weight excluding hydrogens is 308 g/mol. The van der Waals surface area contributed by atoms with E-state index in [1.807, 2.05) is 0 Å². The van der Waals surface area contributed by atoms with Crippen molar-refractivity contribution >= 4 is 23.0 Å². The van der Waals surface area contributed by atoms with Gasteiger partial charge >= 0.3 is 0 Å². The summed E-state index contributed by atoms with van der Waals surface area (Å²) in [4.78, 5) is 2.40. The van der Waals surface area contributed by atoms with E-state index in [9.17, 15) is 0 Å². The topological polar surface area (TPSA) is 48.9 Å². The van der Waals surface area contributed by atoms with Crippen molar-refractivity contribution in [3.8, 4) is 0 Å². The normalized spacial score (nSPS) is 30.7. The smallest absolute Gasteiger partial charge is 0.186 e. The van der Waals surface area contributed by atoms with Crippen LogP contribution in [0.3, 0.4) is 0 Å². The zero-order valence-corrected chi connectivity index (χ0v) is 14.9. The first-order valence-electron chi connectivity index (χ1n) is 9.20. The van der Waals surface area contributed by atoms with Crippen molar-refractivity contribution in [2.45, 2.75) is 44.9 Å². The minimum absolute atomic E-state index is 0.650. The van der Waals surface area contributed by atoms with E-state index in [0.717, 1.165) is 57.6 Å². The van der Waals surface area contributed by atoms with Crippen LogP contribution in [0.15, 0.2) is 5.10 Å². The van der Waals surface area contributed by atoms with E-state index in [2.05, 4.69) is 20.7 Å². The van der Waals surface area contributed by atoms with Crippen molar-refractivity contribution in [3.63, 3.8) is 0 Å². The molecule has 2 N–H and O–H groups in total. The summed E-state index contributed by atoms with van der Waals surface area (Å²) in [5.74, 6) is 1.84. The quantitative estimate of drug-likeness (QED) is 0.607. The van der Waals surface area contributed by atoms with Crippen LogP contribution in [0, 0.1) is 11.8 Å². The summed E-state index contributed by atoms with van der Waals surface area (Å²) in [6, 6.07) is 0. The first-order chi connectivity index (χ1) is 11.3. The number of hydrazone groups is 1. The van der Waals surface area contributed by atoms with Gasteiger partial charge < -0.3 is 10.1 Å². The van der Waals surface area contributed by atoms with Crippen molar-refractivity contribution in [2.24, 2.45) is 16.9 Å². The van der Waals surface area contributed by atoms with Gasteiger partial charge in [-0.25, -0.2) is 0 Å². The highest BCUT2D eigenvalue weighted by Gasteiger charge is 2.30. The number of fused-ring (bicyclic) bond motifs is 1. The monoisotopic (exact) mass is 338 g/mol. The summed E-state index contributed by atoms with van der Waals surface area (Å²) in [5, 5.41) is 8.48. The molecule has 0 aromatic carbocycles. The molecule has 23 heavy (non-hydrogen) atoms. The standard InChI is InChI=1S/C17H30N4OS/c23-17(18-7-8-21-9-11-22-12-10-21)20-19-16-6-5-14-3-1-2-4-15(14)13-16/h14-15H,1-13H2,(H2,18,20,23)/b19-16-/t14-,15-/m1/s1. The number of ether oxygens (including phenoxy) is 1. The molecule has 1 aliphatic heterocycles. The molecule has 0 spiro atoms. The van der Waals surface area contributed by atoms with Crippen molar-refractivity contribution in [1.29, 1.82) is 0 Å². The zero-order valence-electron chi connectivity index (χ0n) is 14.1. The Morgan fingerprint density at radius 1 is 1.17 bits per heavy atom. The molecule has 1 saturated heterocycles. The predicted octanol–water partition coefficient (Wildman–Crippen LogP) is 2.13. The maximum Gasteiger partial charge on any atom is 0.186 e. The lowest BCUT2D eigenvalue weighted by molar-refractivity contribution is 0.0389. The number of hydrogen-bond acceptors (Lipinski definition) is 4. The summed E-state index contributed by atoms with van der Waals surface area (Å²) in [6.07, 6.45) is 9.31. The van der Waals surface area contributed by atoms with Gasteiger partial charge in [0.25, 0.3) is 0 Å². The first-order valence-corrected chi connectivity index (χ1v) is 9.61. The van der Waals surface area contributed by atoms with Crippen LogP contribution >= 0.6 is 12.2 Å². The van der Waals surface area contributed by atoms with Crippen molar-refractivity contribution in [2.75, 3.05) is 39.4 Å². The van der Waals surface area contributed by atoms with Crippen LogP contribution in [-0.4, -0.2) is 55.1 Å². The Labute approximate surface area is 145 Å². The average molecular weight is 339 g/mol. The van der Waals surface area contributed by atoms with Crippen LogP contribution in [0.4, 0.5) is 0 Å². The Balaban J connectivity index is 1.33. The highest BCUT2D eigenvalue weighted by Crippen LogP contribution is 2.39. The van der Waals surface area contributed by atoms with Crippen LogP contribution in [0.1, 0.15) is 44.9 Å². The van der Waals surface area contributed by atoms with Gasteiger partial charge in [0.1, 0.15) is 0 Å². The minimum atomic E-state index is 0.650. The molecule has 0 aromatic rings. The number of hydrogen-bond donors (Lipinski definition) is 2. The van der Waals surface area contributed by atoms with Crippen LogP contribution < -0.4 is 10.7 Å². The number of thiocarbonyl (C=S) groups is 1. The fraction of sp³-hybridized carbons (Fsp3) is 0.882. The van der Waals surface area contributed by atoms with Gasteiger partial charge in [-0.2, -0.15) is 5.10 Å². The molecular formula is C17H30N4OS. The first kappa shape index (κ1) is 17.1. The molecule has 6 heteroatoms. The highest BCUT2D eigenvalue weighted by atomic mass is 32.1. The van der Waals surface area contributed by atoms with E-state index in [4.69, 9.17) is 17.0 Å². The van der Waals surface area contributed by atoms with E-state index in [1.165, 1.54) is 44.2 Å². The van der Waals surface area contributed by atoms with Crippen LogP contribution in [0.2, 0.25) is 0 Å². The summed E-state index contributed by atoms with van der Waals surface area (Å²) < 4.78 is 5.35. The third kappa shape index (κ3) is 5.40. The van der Waals surface area contributed by atoms with E-state index in [-0.39, 0.29) is 0 Å². The maximum atomic E-state index is 5.35. The van der Waals surface area contributed by atoms with Crippen LogP contribution in [0.5, 0.6) is 0 Å². The summed E-state index contributed by atoms with van der Waals surface area (Å²) in [6.45, 7) is 5.60. The van der Waals surface area contributed by atoms with E-state index < -0.39 is 0 Å². The van der Waals surface area contributed by atoms with E-state index in [1.54, 1.807) is 0 Å². The molecule has 1 heterocycles. The maximum absolute atomic E-state index is 5.35. The Morgan fingerprint density at radius 2 is 1.96 bits per heavy atom. The Kier molecular flexibility index (Phi) is 6.66. The third-order valence-electron chi connectivity index (χ3n) is 5.50. The van der Waals surface area contributed by atoms with Gasteiger partial charge in [-0.15, -0.1) is 0 Å². The molecule has 0 radical (unpaired) electrons. The molecule has 0 aromatic heterocycles. The summed E-state index contributed by atoms with van der Waals surface area (Å²) in [5.41, 5.74) is 4.36. The molecule has 5 nitrogen and oxygen atoms in total. The number of nitrogens with one attached hydrogen (secondary N) is 2. The fourth-order valence-electron chi connectivity index (χ4n) is 4.11. The minimum Gasteiger partial charge on any atom is -0.379 e. The number of nitrogens with zero attached hydrogens (tertiary/aromatic N) is 2. The SMILES string of the molecule is S=C(NCCN1CCOCC1)N/N=C1/CC[C@H]2CCCC[C@@H]2C1. The second kappa shape index (κ2) is 8.94. The van der Waals surface area contributed by atoms with Crippen molar-refractivity contribution < 1.29 is 4.74 Å². The number of rotatable bonds is 4. The lowest BCUT2D eigenvalue weighted by atomic mass is 9.70. The molecule has 130 valence electrons. The lowest BCUT2D eigenvalue weighted by Crippen LogP contribution is -2.43. The molecule has 3 rings (SSSR count). The highest BCUT2D eigenvalue weighted by molar-refractivity contribution is 7.80. The molecule has 0 amide bonds. The molecule has 3 aliphatic rings. The van der Waals surface area contributed by atoms with Gasteiger partial charge in [0, 0.05) is 31.9 Å². The molecule has 2 aliphatic carbocycles. The van der Waals surface area contributed by atoms with Gasteiger partial charge in [-0.3, -0.25) is 10.3 Å². The zero-order chi connectivity index (χ0) is 15.9. The van der Waals surface area contributed by atoms with E-state index in [0.29, 0.717) is 5.11 Å². The molecule has 2 saturated carbocycles. The second-order valence-electron chi connectivity index (χ2n) is 7.05. The van der Waals surface area contributed by atoms with Gasteiger partial charge in [0.2, 0.25) is 0 Å². The summed E-state index contributed by atoms with van der Waals surface area (Å²) >= 11 is 5.33. The fourth-order valence-corrected chi connectivity index (χ4v) is 4.26. The Morgan fingerprint density at radius 3 is 2.78 bits per heavy atom. The molecule has 0 unspecified atom stereocenters. The van der Waals surface area contributed by atoms with Crippen molar-refractivity contribution in [3.05, 3.63) is 0 Å². The van der Waals surface area contributed by atoms with Gasteiger partial charge in [0.15, 0.2) is 5.11 Å². The third-order valence-corrected chi connectivity index (χ3v) is 5.74. The second-order valence-corrected chi connectivity index (χ2v) is 7.46. The largest absolute Gasteiger partial charge is 0.379 e. The predicted molar refractivity (Wildman–Crippen MR) is 97.7 cm³/mol. The van der Waals surface area contributed by atoms with Gasteiger partial charge in [0.05, 0.1) is 13.2 Å². The molecule has 2 atom stereocenters. The van der Waals surface area contributed by atoms with Crippen LogP contribution in [-0.2, 0) is 4.74 Å². The average Bonchev–Trinajstić information content (AvgIpc) is 2.61. The molecule has 0 bridgehead atoms. The Bertz CT molecular complexity index is 423. The number of morpholine rings is 1. The summed E-state index contributed by atoms with van der Waals surface area (Å²) in [7, 11) is 0.